The summed E-state index contributed by atoms with van der Waals surface area (Å²) in [5.41, 5.74) is 1.37. The summed E-state index contributed by atoms with van der Waals surface area (Å²) < 4.78 is 5.68. The van der Waals surface area contributed by atoms with Crippen molar-refractivity contribution in [3.63, 3.8) is 0 Å². The van der Waals surface area contributed by atoms with Crippen molar-refractivity contribution >= 4 is 11.8 Å². The fourth-order valence-corrected chi connectivity index (χ4v) is 2.16. The lowest BCUT2D eigenvalue weighted by molar-refractivity contribution is 0.310. The summed E-state index contributed by atoms with van der Waals surface area (Å²) in [6, 6.07) is 8.42. The Hall–Kier alpha value is -0.630. The van der Waals surface area contributed by atoms with Crippen molar-refractivity contribution in [1.82, 2.24) is 0 Å². The first-order valence-corrected chi connectivity index (χ1v) is 7.31. The first-order chi connectivity index (χ1) is 7.86. The zero-order valence-corrected chi connectivity index (χ0v) is 11.2. The highest BCUT2D eigenvalue weighted by atomic mass is 32.2. The van der Waals surface area contributed by atoms with Crippen LogP contribution < -0.4 is 4.74 Å². The molecule has 0 aromatic heterocycles. The van der Waals surface area contributed by atoms with E-state index >= 15 is 0 Å². The van der Waals surface area contributed by atoms with Crippen molar-refractivity contribution in [2.24, 2.45) is 0 Å². The minimum Gasteiger partial charge on any atom is -0.494 e. The highest BCUT2D eigenvalue weighted by Gasteiger charge is 1.94. The van der Waals surface area contributed by atoms with Gasteiger partial charge in [-0.3, -0.25) is 0 Å². The molecule has 2 heteroatoms. The van der Waals surface area contributed by atoms with E-state index in [1.807, 2.05) is 11.8 Å². The molecule has 90 valence electrons. The molecule has 1 aromatic rings. The summed E-state index contributed by atoms with van der Waals surface area (Å²) in [5, 5.41) is 0. The zero-order valence-electron chi connectivity index (χ0n) is 10.4. The number of benzene rings is 1. The Morgan fingerprint density at radius 3 is 2.44 bits per heavy atom. The number of hydrogen-bond acceptors (Lipinski definition) is 2. The number of aryl methyl sites for hydroxylation is 1. The number of hydrogen-bond donors (Lipinski definition) is 0. The Morgan fingerprint density at radius 2 is 1.81 bits per heavy atom. The van der Waals surface area contributed by atoms with Crippen LogP contribution in [0.15, 0.2) is 24.3 Å². The molecule has 0 unspecified atom stereocenters. The van der Waals surface area contributed by atoms with Crippen LogP contribution in [0.3, 0.4) is 0 Å². The molecule has 0 amide bonds. The first-order valence-electron chi connectivity index (χ1n) is 6.16. The number of ether oxygens (including phenoxy) is 1. The van der Waals surface area contributed by atoms with Crippen LogP contribution in [0, 0.1) is 0 Å². The molecule has 1 rings (SSSR count). The third-order valence-electron chi connectivity index (χ3n) is 2.49. The molecule has 0 atom stereocenters. The van der Waals surface area contributed by atoms with Crippen LogP contribution in [0.5, 0.6) is 5.75 Å². The van der Waals surface area contributed by atoms with E-state index in [-0.39, 0.29) is 0 Å². The molecule has 0 radical (unpaired) electrons. The normalized spacial score (nSPS) is 10.4. The van der Waals surface area contributed by atoms with Gasteiger partial charge in [-0.2, -0.15) is 11.8 Å². The van der Waals surface area contributed by atoms with Gasteiger partial charge in [0.1, 0.15) is 5.75 Å². The van der Waals surface area contributed by atoms with Gasteiger partial charge in [0.25, 0.3) is 0 Å². The lowest BCUT2D eigenvalue weighted by atomic mass is 10.2. The van der Waals surface area contributed by atoms with Gasteiger partial charge < -0.3 is 4.74 Å². The monoisotopic (exact) mass is 238 g/mol. The minimum atomic E-state index is 0.843. The summed E-state index contributed by atoms with van der Waals surface area (Å²) in [6.07, 6.45) is 3.50. The molecule has 0 N–H and O–H groups in total. The Balaban J connectivity index is 2.12. The van der Waals surface area contributed by atoms with Gasteiger partial charge in [-0.25, -0.2) is 0 Å². The second-order valence-corrected chi connectivity index (χ2v) is 5.14. The van der Waals surface area contributed by atoms with E-state index in [4.69, 9.17) is 4.74 Å². The molecule has 0 aliphatic heterocycles. The van der Waals surface area contributed by atoms with E-state index in [0.717, 1.165) is 25.2 Å². The van der Waals surface area contributed by atoms with Crippen LogP contribution in [-0.4, -0.2) is 18.1 Å². The SMILES string of the molecule is CCSCCCCOc1ccc(CC)cc1. The molecule has 0 spiro atoms. The van der Waals surface area contributed by atoms with Crippen molar-refractivity contribution in [3.05, 3.63) is 29.8 Å². The molecule has 0 saturated carbocycles. The topological polar surface area (TPSA) is 9.23 Å². The van der Waals surface area contributed by atoms with Crippen molar-refractivity contribution in [2.75, 3.05) is 18.1 Å². The van der Waals surface area contributed by atoms with Gasteiger partial charge in [-0.15, -0.1) is 0 Å². The van der Waals surface area contributed by atoms with E-state index in [9.17, 15) is 0 Å². The largest absolute Gasteiger partial charge is 0.494 e. The van der Waals surface area contributed by atoms with Gasteiger partial charge in [0, 0.05) is 0 Å². The minimum absolute atomic E-state index is 0.843. The van der Waals surface area contributed by atoms with Gasteiger partial charge >= 0.3 is 0 Å². The molecule has 1 nitrogen and oxygen atoms in total. The highest BCUT2D eigenvalue weighted by molar-refractivity contribution is 7.99. The van der Waals surface area contributed by atoms with E-state index < -0.39 is 0 Å². The average Bonchev–Trinajstić information content (AvgIpc) is 2.34. The molecule has 0 fully saturated rings. The second-order valence-electron chi connectivity index (χ2n) is 3.75. The van der Waals surface area contributed by atoms with Crippen molar-refractivity contribution in [1.29, 1.82) is 0 Å². The van der Waals surface area contributed by atoms with Crippen molar-refractivity contribution in [3.8, 4) is 5.75 Å². The van der Waals surface area contributed by atoms with Gasteiger partial charge in [0.15, 0.2) is 0 Å². The average molecular weight is 238 g/mol. The third kappa shape index (κ3) is 5.45. The predicted octanol–water partition coefficient (Wildman–Crippen LogP) is 4.16. The summed E-state index contributed by atoms with van der Waals surface area (Å²) in [6.45, 7) is 5.22. The first kappa shape index (κ1) is 13.4. The number of unbranched alkanes of at least 4 members (excludes halogenated alkanes) is 1. The third-order valence-corrected chi connectivity index (χ3v) is 3.47. The molecule has 0 aliphatic carbocycles. The maximum atomic E-state index is 5.68. The van der Waals surface area contributed by atoms with Crippen LogP contribution in [0.2, 0.25) is 0 Å². The van der Waals surface area contributed by atoms with Gasteiger partial charge in [0.05, 0.1) is 6.61 Å². The lowest BCUT2D eigenvalue weighted by Crippen LogP contribution is -1.98. The van der Waals surface area contributed by atoms with Crippen LogP contribution >= 0.6 is 11.8 Å². The summed E-state index contributed by atoms with van der Waals surface area (Å²) in [5.74, 6) is 3.48. The smallest absolute Gasteiger partial charge is 0.119 e. The predicted molar refractivity (Wildman–Crippen MR) is 73.5 cm³/mol. The molecular weight excluding hydrogens is 216 g/mol. The van der Waals surface area contributed by atoms with E-state index in [0.29, 0.717) is 0 Å². The molecule has 0 bridgehead atoms. The maximum Gasteiger partial charge on any atom is 0.119 e. The Labute approximate surface area is 104 Å². The zero-order chi connectivity index (χ0) is 11.6. The number of rotatable bonds is 8. The van der Waals surface area contributed by atoms with Crippen molar-refractivity contribution in [2.45, 2.75) is 33.1 Å². The standard InChI is InChI=1S/C14H22OS/c1-3-13-7-9-14(10-8-13)15-11-5-6-12-16-4-2/h7-10H,3-6,11-12H2,1-2H3. The van der Waals surface area contributed by atoms with Crippen LogP contribution in [-0.2, 0) is 6.42 Å². The van der Waals surface area contributed by atoms with Gasteiger partial charge in [-0.05, 0) is 48.5 Å². The summed E-state index contributed by atoms with van der Waals surface area (Å²) in [7, 11) is 0. The fourth-order valence-electron chi connectivity index (χ4n) is 1.46. The van der Waals surface area contributed by atoms with Gasteiger partial charge in [-0.1, -0.05) is 26.0 Å². The van der Waals surface area contributed by atoms with Gasteiger partial charge in [0.2, 0.25) is 0 Å². The Morgan fingerprint density at radius 1 is 1.06 bits per heavy atom. The fraction of sp³-hybridized carbons (Fsp3) is 0.571. The second kappa shape index (κ2) is 8.51. The highest BCUT2D eigenvalue weighted by Crippen LogP contribution is 2.13. The Kier molecular flexibility index (Phi) is 7.15. The molecular formula is C14H22OS. The molecule has 0 saturated heterocycles. The lowest BCUT2D eigenvalue weighted by Gasteiger charge is -2.06. The van der Waals surface area contributed by atoms with Crippen LogP contribution in [0.25, 0.3) is 0 Å². The van der Waals surface area contributed by atoms with E-state index in [1.165, 1.54) is 23.5 Å². The van der Waals surface area contributed by atoms with E-state index in [2.05, 4.69) is 38.1 Å². The quantitative estimate of drug-likeness (QED) is 0.629. The Bertz CT molecular complexity index is 269. The van der Waals surface area contributed by atoms with Crippen LogP contribution in [0.4, 0.5) is 0 Å². The van der Waals surface area contributed by atoms with Crippen molar-refractivity contribution < 1.29 is 4.74 Å². The molecule has 0 aliphatic rings. The molecule has 16 heavy (non-hydrogen) atoms. The van der Waals surface area contributed by atoms with Crippen LogP contribution in [0.1, 0.15) is 32.3 Å². The maximum absolute atomic E-state index is 5.68. The molecule has 0 heterocycles. The molecule has 1 aromatic carbocycles. The summed E-state index contributed by atoms with van der Waals surface area (Å²) in [4.78, 5) is 0. The van der Waals surface area contributed by atoms with E-state index in [1.54, 1.807) is 0 Å². The number of thioether (sulfide) groups is 1. The summed E-state index contributed by atoms with van der Waals surface area (Å²) >= 11 is 2.00.